The van der Waals surface area contributed by atoms with Crippen LogP contribution in [0.2, 0.25) is 10.0 Å². The van der Waals surface area contributed by atoms with Crippen LogP contribution in [0.4, 0.5) is 10.1 Å². The molecule has 0 aromatic heterocycles. The number of carbonyl (C=O) groups excluding carboxylic acids is 1. The molecule has 21 heavy (non-hydrogen) atoms. The molecule has 0 saturated carbocycles. The van der Waals surface area contributed by atoms with Crippen LogP contribution in [-0.4, -0.2) is 5.91 Å². The van der Waals surface area contributed by atoms with Crippen molar-refractivity contribution in [3.63, 3.8) is 0 Å². The highest BCUT2D eigenvalue weighted by Crippen LogP contribution is 2.23. The Balaban J connectivity index is 2.18. The molecule has 0 unspecified atom stereocenters. The van der Waals surface area contributed by atoms with E-state index in [1.165, 1.54) is 6.07 Å². The molecule has 1 atom stereocenters. The Kier molecular flexibility index (Phi) is 4.70. The van der Waals surface area contributed by atoms with Gasteiger partial charge in [0.05, 0.1) is 16.6 Å². The lowest BCUT2D eigenvalue weighted by atomic mass is 10.1. The maximum atomic E-state index is 13.4. The SMILES string of the molecule is C[C@H](NC(=O)c1cc(F)c(Cl)cc1N)c1ccc(Cl)cc1. The van der Waals surface area contributed by atoms with Gasteiger partial charge in [0.1, 0.15) is 5.82 Å². The van der Waals surface area contributed by atoms with Crippen LogP contribution in [-0.2, 0) is 0 Å². The van der Waals surface area contributed by atoms with Gasteiger partial charge in [0, 0.05) is 10.7 Å². The lowest BCUT2D eigenvalue weighted by Gasteiger charge is -2.15. The van der Waals surface area contributed by atoms with Crippen LogP contribution in [0, 0.1) is 5.82 Å². The van der Waals surface area contributed by atoms with Crippen molar-refractivity contribution in [2.45, 2.75) is 13.0 Å². The molecule has 2 aromatic carbocycles. The van der Waals surface area contributed by atoms with Gasteiger partial charge in [0.25, 0.3) is 5.91 Å². The summed E-state index contributed by atoms with van der Waals surface area (Å²) in [4.78, 5) is 12.2. The zero-order chi connectivity index (χ0) is 15.6. The number of hydrogen-bond acceptors (Lipinski definition) is 2. The first-order valence-corrected chi connectivity index (χ1v) is 6.95. The van der Waals surface area contributed by atoms with Gasteiger partial charge in [0.2, 0.25) is 0 Å². The molecule has 6 heteroatoms. The largest absolute Gasteiger partial charge is 0.398 e. The van der Waals surface area contributed by atoms with Crippen molar-refractivity contribution in [1.29, 1.82) is 0 Å². The Morgan fingerprint density at radius 3 is 2.48 bits per heavy atom. The molecule has 3 nitrogen and oxygen atoms in total. The second-order valence-electron chi connectivity index (χ2n) is 4.60. The quantitative estimate of drug-likeness (QED) is 0.830. The molecular weight excluding hydrogens is 314 g/mol. The molecule has 1 amide bonds. The zero-order valence-electron chi connectivity index (χ0n) is 11.2. The smallest absolute Gasteiger partial charge is 0.253 e. The van der Waals surface area contributed by atoms with Crippen LogP contribution in [0.5, 0.6) is 0 Å². The van der Waals surface area contributed by atoms with Gasteiger partial charge in [-0.3, -0.25) is 4.79 Å². The molecule has 0 saturated heterocycles. The minimum Gasteiger partial charge on any atom is -0.398 e. The summed E-state index contributed by atoms with van der Waals surface area (Å²) in [6, 6.07) is 9.05. The average Bonchev–Trinajstić information content (AvgIpc) is 2.43. The van der Waals surface area contributed by atoms with Crippen molar-refractivity contribution in [1.82, 2.24) is 5.32 Å². The molecular formula is C15H13Cl2FN2O. The van der Waals surface area contributed by atoms with E-state index in [0.29, 0.717) is 5.02 Å². The lowest BCUT2D eigenvalue weighted by molar-refractivity contribution is 0.0940. The number of rotatable bonds is 3. The van der Waals surface area contributed by atoms with Crippen molar-refractivity contribution in [3.8, 4) is 0 Å². The summed E-state index contributed by atoms with van der Waals surface area (Å²) in [5.41, 5.74) is 6.75. The van der Waals surface area contributed by atoms with Crippen molar-refractivity contribution in [3.05, 3.63) is 63.4 Å². The third kappa shape index (κ3) is 3.65. The molecule has 0 aliphatic heterocycles. The van der Waals surface area contributed by atoms with Crippen molar-refractivity contribution in [2.75, 3.05) is 5.73 Å². The first kappa shape index (κ1) is 15.6. The number of nitrogen functional groups attached to an aromatic ring is 1. The number of nitrogens with two attached hydrogens (primary N) is 1. The summed E-state index contributed by atoms with van der Waals surface area (Å²) >= 11 is 11.4. The first-order valence-electron chi connectivity index (χ1n) is 6.19. The second kappa shape index (κ2) is 6.33. The van der Waals surface area contributed by atoms with Gasteiger partial charge in [-0.2, -0.15) is 0 Å². The fourth-order valence-electron chi connectivity index (χ4n) is 1.87. The summed E-state index contributed by atoms with van der Waals surface area (Å²) in [6.07, 6.45) is 0. The fourth-order valence-corrected chi connectivity index (χ4v) is 2.17. The fraction of sp³-hybridized carbons (Fsp3) is 0.133. The summed E-state index contributed by atoms with van der Waals surface area (Å²) in [7, 11) is 0. The highest BCUT2D eigenvalue weighted by Gasteiger charge is 2.16. The monoisotopic (exact) mass is 326 g/mol. The number of anilines is 1. The third-order valence-electron chi connectivity index (χ3n) is 3.05. The number of carbonyl (C=O) groups is 1. The molecule has 0 heterocycles. The molecule has 0 fully saturated rings. The molecule has 0 radical (unpaired) electrons. The van der Waals surface area contributed by atoms with E-state index in [0.717, 1.165) is 11.6 Å². The van der Waals surface area contributed by atoms with E-state index in [1.807, 2.05) is 6.92 Å². The van der Waals surface area contributed by atoms with Gasteiger partial charge in [-0.1, -0.05) is 35.3 Å². The Morgan fingerprint density at radius 2 is 1.86 bits per heavy atom. The predicted molar refractivity (Wildman–Crippen MR) is 83.2 cm³/mol. The zero-order valence-corrected chi connectivity index (χ0v) is 12.7. The van der Waals surface area contributed by atoms with E-state index in [1.54, 1.807) is 24.3 Å². The normalized spacial score (nSPS) is 12.0. The van der Waals surface area contributed by atoms with Crippen LogP contribution >= 0.6 is 23.2 Å². The Hall–Kier alpha value is -1.78. The summed E-state index contributed by atoms with van der Waals surface area (Å²) in [5, 5.41) is 3.24. The highest BCUT2D eigenvalue weighted by atomic mass is 35.5. The third-order valence-corrected chi connectivity index (χ3v) is 3.60. The summed E-state index contributed by atoms with van der Waals surface area (Å²) in [5.74, 6) is -1.15. The molecule has 0 aliphatic rings. The predicted octanol–water partition coefficient (Wildman–Crippen LogP) is 4.21. The minimum absolute atomic E-state index is 0.0534. The lowest BCUT2D eigenvalue weighted by Crippen LogP contribution is -2.27. The van der Waals surface area contributed by atoms with Gasteiger partial charge in [-0.05, 0) is 36.8 Å². The highest BCUT2D eigenvalue weighted by molar-refractivity contribution is 6.31. The number of amides is 1. The van der Waals surface area contributed by atoms with E-state index in [4.69, 9.17) is 28.9 Å². The van der Waals surface area contributed by atoms with Crippen LogP contribution in [0.15, 0.2) is 36.4 Å². The van der Waals surface area contributed by atoms with Crippen LogP contribution in [0.1, 0.15) is 28.9 Å². The van der Waals surface area contributed by atoms with E-state index in [9.17, 15) is 9.18 Å². The molecule has 0 bridgehead atoms. The number of hydrogen-bond donors (Lipinski definition) is 2. The van der Waals surface area contributed by atoms with E-state index < -0.39 is 11.7 Å². The van der Waals surface area contributed by atoms with E-state index in [-0.39, 0.29) is 22.3 Å². The molecule has 3 N–H and O–H groups in total. The Bertz CT molecular complexity index is 674. The second-order valence-corrected chi connectivity index (χ2v) is 5.44. The van der Waals surface area contributed by atoms with Crippen molar-refractivity contribution in [2.24, 2.45) is 0 Å². The Labute approximate surface area is 131 Å². The average molecular weight is 327 g/mol. The van der Waals surface area contributed by atoms with Gasteiger partial charge < -0.3 is 11.1 Å². The number of benzene rings is 2. The molecule has 2 aromatic rings. The van der Waals surface area contributed by atoms with Crippen LogP contribution in [0.25, 0.3) is 0 Å². The summed E-state index contributed by atoms with van der Waals surface area (Å²) < 4.78 is 13.4. The summed E-state index contributed by atoms with van der Waals surface area (Å²) in [6.45, 7) is 1.81. The maximum absolute atomic E-state index is 13.4. The van der Waals surface area contributed by atoms with Crippen molar-refractivity contribution < 1.29 is 9.18 Å². The molecule has 110 valence electrons. The number of halogens is 3. The van der Waals surface area contributed by atoms with Gasteiger partial charge in [-0.25, -0.2) is 4.39 Å². The minimum atomic E-state index is -0.685. The van der Waals surface area contributed by atoms with Gasteiger partial charge in [0.15, 0.2) is 0 Å². The van der Waals surface area contributed by atoms with Crippen LogP contribution < -0.4 is 11.1 Å². The van der Waals surface area contributed by atoms with E-state index in [2.05, 4.69) is 5.32 Å². The number of nitrogens with one attached hydrogen (secondary N) is 1. The topological polar surface area (TPSA) is 55.1 Å². The maximum Gasteiger partial charge on any atom is 0.253 e. The van der Waals surface area contributed by atoms with Gasteiger partial charge >= 0.3 is 0 Å². The van der Waals surface area contributed by atoms with Gasteiger partial charge in [-0.15, -0.1) is 0 Å². The van der Waals surface area contributed by atoms with Crippen LogP contribution in [0.3, 0.4) is 0 Å². The molecule has 0 aliphatic carbocycles. The molecule has 0 spiro atoms. The standard InChI is InChI=1S/C15H13Cl2FN2O/c1-8(9-2-4-10(16)5-3-9)20-15(21)11-6-13(18)12(17)7-14(11)19/h2-8H,19H2,1H3,(H,20,21)/t8-/m0/s1. The first-order chi connectivity index (χ1) is 9.88. The van der Waals surface area contributed by atoms with Crippen molar-refractivity contribution >= 4 is 34.8 Å². The molecule has 2 rings (SSSR count). The Morgan fingerprint density at radius 1 is 1.24 bits per heavy atom. The van der Waals surface area contributed by atoms with E-state index >= 15 is 0 Å².